The fraction of sp³-hybridized carbons (Fsp3) is 0.240. The normalized spacial score (nSPS) is 13.0. The van der Waals surface area contributed by atoms with Gasteiger partial charge >= 0.3 is 6.18 Å². The van der Waals surface area contributed by atoms with Crippen LogP contribution in [0.5, 0.6) is 0 Å². The average Bonchev–Trinajstić information content (AvgIpc) is 2.81. The van der Waals surface area contributed by atoms with E-state index in [1.54, 1.807) is 20.8 Å². The molecule has 0 radical (unpaired) electrons. The van der Waals surface area contributed by atoms with Gasteiger partial charge in [-0.15, -0.1) is 0 Å². The van der Waals surface area contributed by atoms with Crippen molar-refractivity contribution in [3.05, 3.63) is 72.7 Å². The molecular formula is C25H24F3N5O4S2. The van der Waals surface area contributed by atoms with E-state index >= 15 is 0 Å². The predicted molar refractivity (Wildman–Crippen MR) is 141 cm³/mol. The van der Waals surface area contributed by atoms with Gasteiger partial charge in [0, 0.05) is 22.7 Å². The maximum Gasteiger partial charge on any atom is 0.418 e. The molecule has 0 aliphatic rings. The van der Waals surface area contributed by atoms with Crippen LogP contribution in [0.3, 0.4) is 0 Å². The highest BCUT2D eigenvalue weighted by Gasteiger charge is 2.34. The Morgan fingerprint density at radius 1 is 0.872 bits per heavy atom. The smallest absolute Gasteiger partial charge is 0.256 e. The van der Waals surface area contributed by atoms with Gasteiger partial charge in [0.05, 0.1) is 33.6 Å². The maximum atomic E-state index is 13.5. The minimum atomic E-state index is -4.63. The van der Waals surface area contributed by atoms with E-state index in [4.69, 9.17) is 0 Å². The van der Waals surface area contributed by atoms with Crippen molar-refractivity contribution in [1.82, 2.24) is 19.7 Å². The Morgan fingerprint density at radius 2 is 1.54 bits per heavy atom. The molecule has 2 heterocycles. The summed E-state index contributed by atoms with van der Waals surface area (Å²) < 4.78 is 95.2. The number of benzene rings is 2. The Balaban J connectivity index is 1.82. The highest BCUT2D eigenvalue weighted by molar-refractivity contribution is 7.92. The van der Waals surface area contributed by atoms with Gasteiger partial charge in [0.2, 0.25) is 20.0 Å². The molecule has 206 valence electrons. The second-order valence-corrected chi connectivity index (χ2v) is 13.2. The summed E-state index contributed by atoms with van der Waals surface area (Å²) in [7, 11) is -7.88. The summed E-state index contributed by atoms with van der Waals surface area (Å²) in [5, 5.41) is 0.238. The van der Waals surface area contributed by atoms with Gasteiger partial charge in [-0.3, -0.25) is 4.98 Å². The fourth-order valence-corrected chi connectivity index (χ4v) is 6.29. The maximum absolute atomic E-state index is 13.5. The lowest BCUT2D eigenvalue weighted by Crippen LogP contribution is -2.40. The molecule has 0 saturated heterocycles. The summed E-state index contributed by atoms with van der Waals surface area (Å²) in [6.07, 6.45) is -1.35. The average molecular weight is 580 g/mol. The highest BCUT2D eigenvalue weighted by Crippen LogP contribution is 2.38. The molecule has 0 fully saturated rings. The molecule has 0 unspecified atom stereocenters. The van der Waals surface area contributed by atoms with Gasteiger partial charge in [-0.2, -0.15) is 13.2 Å². The number of alkyl halides is 3. The number of anilines is 2. The van der Waals surface area contributed by atoms with Crippen LogP contribution >= 0.6 is 0 Å². The van der Waals surface area contributed by atoms with Crippen LogP contribution in [0.2, 0.25) is 0 Å². The van der Waals surface area contributed by atoms with Crippen molar-refractivity contribution in [3.8, 4) is 11.3 Å². The third-order valence-electron chi connectivity index (χ3n) is 5.35. The van der Waals surface area contributed by atoms with E-state index in [-0.39, 0.29) is 38.6 Å². The lowest BCUT2D eigenvalue weighted by molar-refractivity contribution is -0.137. The number of aromatic nitrogens is 3. The molecule has 9 nitrogen and oxygen atoms in total. The first-order valence-corrected chi connectivity index (χ1v) is 14.7. The van der Waals surface area contributed by atoms with Gasteiger partial charge in [-0.1, -0.05) is 6.07 Å². The number of hydrogen-bond donors (Lipinski definition) is 1. The lowest BCUT2D eigenvalue weighted by atomic mass is 10.0. The molecule has 39 heavy (non-hydrogen) atoms. The Labute approximate surface area is 223 Å². The molecule has 14 heteroatoms. The van der Waals surface area contributed by atoms with Crippen molar-refractivity contribution in [2.45, 2.75) is 37.4 Å². The van der Waals surface area contributed by atoms with E-state index in [1.165, 1.54) is 54.7 Å². The number of hydrogen-bond acceptors (Lipinski definition) is 7. The molecule has 2 aromatic carbocycles. The molecule has 0 atom stereocenters. The van der Waals surface area contributed by atoms with Crippen LogP contribution in [0.4, 0.5) is 24.7 Å². The first kappa shape index (κ1) is 28.4. The van der Waals surface area contributed by atoms with Crippen LogP contribution in [-0.4, -0.2) is 43.6 Å². The third kappa shape index (κ3) is 6.18. The Hall–Kier alpha value is -3.62. The number of nitrogens with zero attached hydrogens (tertiary/aromatic N) is 4. The van der Waals surface area contributed by atoms with Crippen LogP contribution in [0.25, 0.3) is 22.2 Å². The van der Waals surface area contributed by atoms with Crippen molar-refractivity contribution in [1.29, 1.82) is 0 Å². The van der Waals surface area contributed by atoms with Gasteiger partial charge in [0.15, 0.2) is 5.82 Å². The molecule has 0 aliphatic carbocycles. The number of sulfonamides is 2. The summed E-state index contributed by atoms with van der Waals surface area (Å²) in [6, 6.07) is 11.4. The van der Waals surface area contributed by atoms with Gasteiger partial charge in [0.25, 0.3) is 0 Å². The molecule has 0 saturated carbocycles. The topological polar surface area (TPSA) is 122 Å². The lowest BCUT2D eigenvalue weighted by Gasteiger charge is -2.23. The minimum absolute atomic E-state index is 0.0606. The third-order valence-corrected chi connectivity index (χ3v) is 8.17. The molecular weight excluding hydrogens is 555 g/mol. The summed E-state index contributed by atoms with van der Waals surface area (Å²) in [5.41, 5.74) is -1.55. The van der Waals surface area contributed by atoms with Crippen LogP contribution < -0.4 is 9.03 Å². The second kappa shape index (κ2) is 9.84. The van der Waals surface area contributed by atoms with E-state index in [9.17, 15) is 30.0 Å². The molecule has 1 N–H and O–H groups in total. The van der Waals surface area contributed by atoms with E-state index in [1.807, 2.05) is 0 Å². The Kier molecular flexibility index (Phi) is 7.17. The van der Waals surface area contributed by atoms with Gasteiger partial charge in [-0.05, 0) is 69.3 Å². The van der Waals surface area contributed by atoms with Crippen LogP contribution in [0, 0.1) is 0 Å². The van der Waals surface area contributed by atoms with E-state index < -0.39 is 37.3 Å². The van der Waals surface area contributed by atoms with E-state index in [2.05, 4.69) is 19.7 Å². The minimum Gasteiger partial charge on any atom is -0.256 e. The van der Waals surface area contributed by atoms with Crippen LogP contribution in [0.15, 0.2) is 72.0 Å². The van der Waals surface area contributed by atoms with Crippen molar-refractivity contribution < 1.29 is 30.0 Å². The number of nitrogens with one attached hydrogen (secondary N) is 1. The van der Waals surface area contributed by atoms with Crippen molar-refractivity contribution >= 4 is 42.5 Å². The van der Waals surface area contributed by atoms with Crippen molar-refractivity contribution in [2.24, 2.45) is 0 Å². The zero-order chi connectivity index (χ0) is 28.8. The van der Waals surface area contributed by atoms with Crippen molar-refractivity contribution in [2.75, 3.05) is 10.6 Å². The van der Waals surface area contributed by atoms with Crippen LogP contribution in [-0.2, 0) is 26.2 Å². The van der Waals surface area contributed by atoms with E-state index in [0.717, 1.165) is 23.0 Å². The number of pyridine rings is 1. The van der Waals surface area contributed by atoms with Gasteiger partial charge in [0.1, 0.15) is 6.33 Å². The number of halogens is 3. The van der Waals surface area contributed by atoms with Gasteiger partial charge < -0.3 is 0 Å². The standard InChI is InChI=1S/C25H24F3N5O4S2/c1-24(2,3)32-39(36,37)18-10-8-17(9-11-18)33(38(4,34)35)23-19-12-7-16(14-21(19)30-15-31-23)22-20(25(26,27)28)6-5-13-29-22/h5-15,32H,1-4H3. The molecule has 2 aromatic heterocycles. The molecule has 4 rings (SSSR count). The number of fused-ring (bicyclic) bond motifs is 1. The van der Waals surface area contributed by atoms with Crippen LogP contribution in [0.1, 0.15) is 26.3 Å². The summed E-state index contributed by atoms with van der Waals surface area (Å²) in [4.78, 5) is 12.1. The fourth-order valence-electron chi connectivity index (χ4n) is 3.91. The summed E-state index contributed by atoms with van der Waals surface area (Å²) in [5.74, 6) is -0.0606. The molecule has 0 amide bonds. The second-order valence-electron chi connectivity index (χ2n) is 9.70. The monoisotopic (exact) mass is 579 g/mol. The first-order chi connectivity index (χ1) is 18.0. The number of rotatable bonds is 6. The first-order valence-electron chi connectivity index (χ1n) is 11.4. The zero-order valence-electron chi connectivity index (χ0n) is 21.2. The van der Waals surface area contributed by atoms with Gasteiger partial charge in [-0.25, -0.2) is 35.8 Å². The van der Waals surface area contributed by atoms with E-state index in [0.29, 0.717) is 0 Å². The highest BCUT2D eigenvalue weighted by atomic mass is 32.2. The molecule has 0 aliphatic heterocycles. The largest absolute Gasteiger partial charge is 0.418 e. The molecule has 0 bridgehead atoms. The van der Waals surface area contributed by atoms with Crippen molar-refractivity contribution in [3.63, 3.8) is 0 Å². The quantitative estimate of drug-likeness (QED) is 0.345. The summed E-state index contributed by atoms with van der Waals surface area (Å²) >= 11 is 0. The molecule has 0 spiro atoms. The predicted octanol–water partition coefficient (Wildman–Crippen LogP) is 4.89. The Morgan fingerprint density at radius 3 is 2.13 bits per heavy atom. The zero-order valence-corrected chi connectivity index (χ0v) is 22.9. The Bertz CT molecular complexity index is 1750. The molecule has 4 aromatic rings. The SMILES string of the molecule is CC(C)(C)NS(=O)(=O)c1ccc(N(c2ncnc3cc(-c4ncccc4C(F)(F)F)ccc23)S(C)(=O)=O)cc1. The summed E-state index contributed by atoms with van der Waals surface area (Å²) in [6.45, 7) is 5.06.